The molecule has 0 spiro atoms. The lowest BCUT2D eigenvalue weighted by molar-refractivity contribution is -0.125. The summed E-state index contributed by atoms with van der Waals surface area (Å²) in [6, 6.07) is 0. The summed E-state index contributed by atoms with van der Waals surface area (Å²) in [7, 11) is 0. The number of hydrogen-bond donors (Lipinski definition) is 0. The van der Waals surface area contributed by atoms with Crippen molar-refractivity contribution in [2.45, 2.75) is 25.7 Å². The van der Waals surface area contributed by atoms with Gasteiger partial charge in [-0.15, -0.1) is 6.58 Å². The number of rotatable bonds is 2. The fraction of sp³-hybridized carbons (Fsp3) is 0.700. The van der Waals surface area contributed by atoms with Gasteiger partial charge in [0.1, 0.15) is 5.78 Å². The van der Waals surface area contributed by atoms with Crippen LogP contribution >= 0.6 is 0 Å². The number of fused-ring (bicyclic) bond motifs is 2. The second kappa shape index (κ2) is 2.47. The van der Waals surface area contributed by atoms with E-state index in [2.05, 4.69) is 6.58 Å². The molecule has 0 unspecified atom stereocenters. The zero-order valence-corrected chi connectivity index (χ0v) is 6.75. The van der Waals surface area contributed by atoms with Gasteiger partial charge in [-0.3, -0.25) is 4.79 Å². The van der Waals surface area contributed by atoms with Crippen LogP contribution in [0.2, 0.25) is 0 Å². The van der Waals surface area contributed by atoms with Gasteiger partial charge in [0.2, 0.25) is 0 Å². The first-order chi connectivity index (χ1) is 5.33. The standard InChI is InChI=1S/C10H14O/c1-2-3-9-7-4-5-8(6-7)10(9)11/h2,7-9H,1,3-6H2/t7-,8-,9-/m0/s1. The first-order valence-corrected chi connectivity index (χ1v) is 4.47. The number of Topliss-reactive ketones (excluding diaryl/α,β-unsaturated/α-hetero) is 1. The molecule has 2 aliphatic rings. The van der Waals surface area contributed by atoms with Gasteiger partial charge in [0, 0.05) is 11.8 Å². The average molecular weight is 150 g/mol. The van der Waals surface area contributed by atoms with Gasteiger partial charge in [0.25, 0.3) is 0 Å². The fourth-order valence-electron chi connectivity index (χ4n) is 2.66. The van der Waals surface area contributed by atoms with E-state index >= 15 is 0 Å². The lowest BCUT2D eigenvalue weighted by Gasteiger charge is -2.18. The molecule has 1 heteroatoms. The molecular formula is C10H14O. The highest BCUT2D eigenvalue weighted by molar-refractivity contribution is 5.86. The largest absolute Gasteiger partial charge is 0.299 e. The van der Waals surface area contributed by atoms with Gasteiger partial charge in [0.05, 0.1) is 0 Å². The van der Waals surface area contributed by atoms with Crippen LogP contribution < -0.4 is 0 Å². The van der Waals surface area contributed by atoms with Gasteiger partial charge < -0.3 is 0 Å². The molecule has 1 nitrogen and oxygen atoms in total. The Morgan fingerprint density at radius 2 is 2.36 bits per heavy atom. The Bertz CT molecular complexity index is 195. The Morgan fingerprint density at radius 3 is 2.91 bits per heavy atom. The van der Waals surface area contributed by atoms with E-state index in [4.69, 9.17) is 0 Å². The first kappa shape index (κ1) is 7.08. The molecule has 2 rings (SSSR count). The highest BCUT2D eigenvalue weighted by Gasteiger charge is 2.45. The van der Waals surface area contributed by atoms with E-state index in [-0.39, 0.29) is 0 Å². The molecule has 2 aliphatic carbocycles. The van der Waals surface area contributed by atoms with E-state index in [0.29, 0.717) is 23.5 Å². The van der Waals surface area contributed by atoms with Gasteiger partial charge in [-0.2, -0.15) is 0 Å². The molecule has 60 valence electrons. The average Bonchev–Trinajstić information content (AvgIpc) is 2.54. The van der Waals surface area contributed by atoms with Crippen molar-refractivity contribution in [1.29, 1.82) is 0 Å². The molecule has 0 aromatic carbocycles. The van der Waals surface area contributed by atoms with E-state index in [1.54, 1.807) is 0 Å². The van der Waals surface area contributed by atoms with Crippen molar-refractivity contribution < 1.29 is 4.79 Å². The fourth-order valence-corrected chi connectivity index (χ4v) is 2.66. The van der Waals surface area contributed by atoms with Crippen LogP contribution in [-0.4, -0.2) is 5.78 Å². The Labute approximate surface area is 67.5 Å². The predicted molar refractivity (Wildman–Crippen MR) is 44.1 cm³/mol. The smallest absolute Gasteiger partial charge is 0.139 e. The highest BCUT2D eigenvalue weighted by atomic mass is 16.1. The summed E-state index contributed by atoms with van der Waals surface area (Å²) >= 11 is 0. The van der Waals surface area contributed by atoms with E-state index in [1.165, 1.54) is 12.8 Å². The van der Waals surface area contributed by atoms with Crippen molar-refractivity contribution in [2.75, 3.05) is 0 Å². The number of allylic oxidation sites excluding steroid dienone is 1. The Morgan fingerprint density at radius 1 is 1.55 bits per heavy atom. The SMILES string of the molecule is C=CC[C@@H]1C(=O)[C@H]2CC[C@H]1C2. The molecule has 0 saturated heterocycles. The number of carbonyl (C=O) groups excluding carboxylic acids is 1. The minimum atomic E-state index is 0.353. The van der Waals surface area contributed by atoms with Crippen molar-refractivity contribution in [3.05, 3.63) is 12.7 Å². The minimum Gasteiger partial charge on any atom is -0.299 e. The van der Waals surface area contributed by atoms with Gasteiger partial charge in [-0.25, -0.2) is 0 Å². The van der Waals surface area contributed by atoms with Crippen LogP contribution in [0, 0.1) is 17.8 Å². The van der Waals surface area contributed by atoms with Crippen LogP contribution in [0.15, 0.2) is 12.7 Å². The Balaban J connectivity index is 2.11. The lowest BCUT2D eigenvalue weighted by atomic mass is 9.85. The first-order valence-electron chi connectivity index (χ1n) is 4.47. The van der Waals surface area contributed by atoms with Crippen LogP contribution in [0.4, 0.5) is 0 Å². The third kappa shape index (κ3) is 0.943. The molecular weight excluding hydrogens is 136 g/mol. The maximum atomic E-state index is 11.5. The van der Waals surface area contributed by atoms with Crippen LogP contribution in [0.25, 0.3) is 0 Å². The molecule has 3 atom stereocenters. The molecule has 0 amide bonds. The zero-order valence-electron chi connectivity index (χ0n) is 6.75. The summed E-state index contributed by atoms with van der Waals surface area (Å²) in [5.41, 5.74) is 0. The van der Waals surface area contributed by atoms with Crippen molar-refractivity contribution in [2.24, 2.45) is 17.8 Å². The molecule has 2 fully saturated rings. The van der Waals surface area contributed by atoms with Crippen molar-refractivity contribution >= 4 is 5.78 Å². The normalized spacial score (nSPS) is 41.5. The Hall–Kier alpha value is -0.590. The Kier molecular flexibility index (Phi) is 1.59. The maximum Gasteiger partial charge on any atom is 0.139 e. The van der Waals surface area contributed by atoms with Gasteiger partial charge in [-0.1, -0.05) is 6.08 Å². The maximum absolute atomic E-state index is 11.5. The lowest BCUT2D eigenvalue weighted by Crippen LogP contribution is -2.21. The molecule has 11 heavy (non-hydrogen) atoms. The van der Waals surface area contributed by atoms with E-state index in [1.807, 2.05) is 6.08 Å². The molecule has 0 aromatic heterocycles. The van der Waals surface area contributed by atoms with Gasteiger partial charge in [0.15, 0.2) is 0 Å². The summed E-state index contributed by atoms with van der Waals surface area (Å²) in [5.74, 6) is 2.03. The van der Waals surface area contributed by atoms with Crippen molar-refractivity contribution in [3.8, 4) is 0 Å². The van der Waals surface area contributed by atoms with Crippen LogP contribution in [0.1, 0.15) is 25.7 Å². The summed E-state index contributed by atoms with van der Waals surface area (Å²) in [4.78, 5) is 11.5. The summed E-state index contributed by atoms with van der Waals surface area (Å²) in [5, 5.41) is 0. The molecule has 0 N–H and O–H groups in total. The predicted octanol–water partition coefficient (Wildman–Crippen LogP) is 2.18. The molecule has 0 radical (unpaired) electrons. The van der Waals surface area contributed by atoms with E-state index < -0.39 is 0 Å². The molecule has 0 aliphatic heterocycles. The van der Waals surface area contributed by atoms with Crippen molar-refractivity contribution in [3.63, 3.8) is 0 Å². The number of carbonyl (C=O) groups is 1. The van der Waals surface area contributed by atoms with Crippen LogP contribution in [0.3, 0.4) is 0 Å². The molecule has 0 aromatic rings. The number of hydrogen-bond acceptors (Lipinski definition) is 1. The van der Waals surface area contributed by atoms with Crippen LogP contribution in [-0.2, 0) is 4.79 Å². The molecule has 0 heterocycles. The minimum absolute atomic E-state index is 0.353. The second-order valence-corrected chi connectivity index (χ2v) is 3.80. The highest BCUT2D eigenvalue weighted by Crippen LogP contribution is 2.47. The van der Waals surface area contributed by atoms with Crippen molar-refractivity contribution in [1.82, 2.24) is 0 Å². The van der Waals surface area contributed by atoms with Crippen LogP contribution in [0.5, 0.6) is 0 Å². The second-order valence-electron chi connectivity index (χ2n) is 3.80. The summed E-state index contributed by atoms with van der Waals surface area (Å²) < 4.78 is 0. The van der Waals surface area contributed by atoms with Gasteiger partial charge in [-0.05, 0) is 31.6 Å². The molecule has 2 bridgehead atoms. The van der Waals surface area contributed by atoms with Gasteiger partial charge >= 0.3 is 0 Å². The summed E-state index contributed by atoms with van der Waals surface area (Å²) in [6.45, 7) is 3.69. The molecule has 2 saturated carbocycles. The topological polar surface area (TPSA) is 17.1 Å². The van der Waals surface area contributed by atoms with E-state index in [9.17, 15) is 4.79 Å². The summed E-state index contributed by atoms with van der Waals surface area (Å²) in [6.07, 6.45) is 6.44. The number of ketones is 1. The van der Waals surface area contributed by atoms with E-state index in [0.717, 1.165) is 12.8 Å². The zero-order chi connectivity index (χ0) is 7.84. The monoisotopic (exact) mass is 150 g/mol. The third-order valence-corrected chi connectivity index (χ3v) is 3.23. The quantitative estimate of drug-likeness (QED) is 0.551. The third-order valence-electron chi connectivity index (χ3n) is 3.23.